The van der Waals surface area contributed by atoms with Crippen LogP contribution in [0.1, 0.15) is 37.4 Å². The van der Waals surface area contributed by atoms with Crippen LogP contribution in [0, 0.1) is 0 Å². The first-order valence-corrected chi connectivity index (χ1v) is 11.4. The van der Waals surface area contributed by atoms with Crippen molar-refractivity contribution < 1.29 is 22.7 Å². The lowest BCUT2D eigenvalue weighted by molar-refractivity contribution is -0.137. The molecule has 1 amide bonds. The minimum absolute atomic E-state index is 0.0353. The van der Waals surface area contributed by atoms with Crippen LogP contribution < -0.4 is 20.9 Å². The molecule has 36 heavy (non-hydrogen) atoms. The van der Waals surface area contributed by atoms with Crippen molar-refractivity contribution in [3.05, 3.63) is 52.1 Å². The van der Waals surface area contributed by atoms with Crippen LogP contribution in [0.15, 0.2) is 35.4 Å². The van der Waals surface area contributed by atoms with Gasteiger partial charge < -0.3 is 20.3 Å². The number of ether oxygens (including phenoxy) is 1. The molecule has 3 aromatic rings. The highest BCUT2D eigenvalue weighted by Crippen LogP contribution is 2.34. The number of carbonyl (C=O) groups excluding carboxylic acids is 1. The van der Waals surface area contributed by atoms with Gasteiger partial charge in [-0.25, -0.2) is 9.97 Å². The highest BCUT2D eigenvalue weighted by molar-refractivity contribution is 5.89. The molecule has 1 aliphatic heterocycles. The van der Waals surface area contributed by atoms with Gasteiger partial charge in [-0.15, -0.1) is 0 Å². The normalized spacial score (nSPS) is 17.2. The summed E-state index contributed by atoms with van der Waals surface area (Å²) in [5.74, 6) is 0.00220. The molecule has 2 N–H and O–H groups in total. The number of hydrogen-bond acceptors (Lipinski definition) is 7. The van der Waals surface area contributed by atoms with Crippen LogP contribution in [0.25, 0.3) is 11.0 Å². The zero-order chi connectivity index (χ0) is 26.2. The van der Waals surface area contributed by atoms with Gasteiger partial charge in [0.25, 0.3) is 5.56 Å². The molecule has 0 spiro atoms. The van der Waals surface area contributed by atoms with Gasteiger partial charge in [-0.05, 0) is 44.2 Å². The fourth-order valence-corrected chi connectivity index (χ4v) is 4.24. The topological polar surface area (TPSA) is 101 Å². The molecule has 192 valence electrons. The van der Waals surface area contributed by atoms with Crippen molar-refractivity contribution >= 4 is 28.4 Å². The minimum Gasteiger partial charge on any atom is -0.483 e. The van der Waals surface area contributed by atoms with Gasteiger partial charge in [0.1, 0.15) is 23.9 Å². The molecule has 0 saturated carbocycles. The highest BCUT2D eigenvalue weighted by Gasteiger charge is 2.32. The number of nitrogens with one attached hydrogen (secondary N) is 2. The van der Waals surface area contributed by atoms with Crippen molar-refractivity contribution in [3.8, 4) is 5.75 Å². The molecule has 2 atom stereocenters. The molecule has 0 radical (unpaired) electrons. The zero-order valence-electron chi connectivity index (χ0n) is 20.3. The van der Waals surface area contributed by atoms with E-state index in [9.17, 15) is 22.8 Å². The summed E-state index contributed by atoms with van der Waals surface area (Å²) in [7, 11) is 3.55. The number of likely N-dealkylation sites (tertiary alicyclic amines) is 1. The number of rotatable bonds is 6. The standard InChI is InChI=1S/C24H27F3N6O3/c1-13(15-7-16(24(25,26)27)9-17(8-15)31-14(2)34)30-21-19-10-20(36-18-5-6-32(3)11-18)23(35)33(4)22(19)29-12-28-21/h7-10,12-13,18H,5-6,11H2,1-4H3,(H,31,34)(H,28,29,30)/t13-,18?/m1/s1. The largest absolute Gasteiger partial charge is 0.483 e. The number of pyridine rings is 1. The third-order valence-corrected chi connectivity index (χ3v) is 6.07. The SMILES string of the molecule is CC(=O)Nc1cc([C@@H](C)Nc2ncnc3c2cc(OC2CCN(C)C2)c(=O)n3C)cc(C(F)(F)F)c1. The van der Waals surface area contributed by atoms with E-state index in [-0.39, 0.29) is 28.7 Å². The van der Waals surface area contributed by atoms with Crippen LogP contribution in [0.5, 0.6) is 5.75 Å². The highest BCUT2D eigenvalue weighted by atomic mass is 19.4. The molecule has 1 unspecified atom stereocenters. The first-order valence-electron chi connectivity index (χ1n) is 11.4. The lowest BCUT2D eigenvalue weighted by Gasteiger charge is -2.20. The molecule has 0 aliphatic carbocycles. The lowest BCUT2D eigenvalue weighted by atomic mass is 10.0. The van der Waals surface area contributed by atoms with Crippen molar-refractivity contribution in [2.75, 3.05) is 30.8 Å². The first-order chi connectivity index (χ1) is 16.9. The summed E-state index contributed by atoms with van der Waals surface area (Å²) in [4.78, 5) is 34.9. The molecule has 12 heteroatoms. The molecule has 1 fully saturated rings. The maximum absolute atomic E-state index is 13.5. The maximum atomic E-state index is 13.5. The maximum Gasteiger partial charge on any atom is 0.416 e. The summed E-state index contributed by atoms with van der Waals surface area (Å²) in [6.45, 7) is 4.46. The zero-order valence-corrected chi connectivity index (χ0v) is 20.3. The number of amides is 1. The molecule has 2 aromatic heterocycles. The molecule has 0 bridgehead atoms. The minimum atomic E-state index is -4.59. The van der Waals surface area contributed by atoms with Gasteiger partial charge >= 0.3 is 6.18 Å². The van der Waals surface area contributed by atoms with Gasteiger partial charge in [0.05, 0.1) is 17.0 Å². The molecule has 3 heterocycles. The van der Waals surface area contributed by atoms with Crippen LogP contribution in [0.4, 0.5) is 24.7 Å². The second-order valence-corrected chi connectivity index (χ2v) is 9.01. The number of alkyl halides is 3. The summed E-state index contributed by atoms with van der Waals surface area (Å²) in [6.07, 6.45) is -2.66. The number of aromatic nitrogens is 3. The fraction of sp³-hybridized carbons (Fsp3) is 0.417. The van der Waals surface area contributed by atoms with Crippen molar-refractivity contribution in [1.82, 2.24) is 19.4 Å². The summed E-state index contributed by atoms with van der Waals surface area (Å²) in [6, 6.07) is 4.31. The van der Waals surface area contributed by atoms with Gasteiger partial charge in [0.15, 0.2) is 5.75 Å². The number of fused-ring (bicyclic) bond motifs is 1. The Hall–Kier alpha value is -3.67. The van der Waals surface area contributed by atoms with Gasteiger partial charge in [-0.1, -0.05) is 0 Å². The number of nitrogens with zero attached hydrogens (tertiary/aromatic N) is 4. The van der Waals surface area contributed by atoms with Crippen molar-refractivity contribution in [2.45, 2.75) is 38.6 Å². The smallest absolute Gasteiger partial charge is 0.416 e. The Labute approximate surface area is 205 Å². The average molecular weight is 505 g/mol. The number of aryl methyl sites for hydroxylation is 1. The number of benzene rings is 1. The van der Waals surface area contributed by atoms with Crippen molar-refractivity contribution in [2.24, 2.45) is 7.05 Å². The number of halogens is 3. The van der Waals surface area contributed by atoms with E-state index in [4.69, 9.17) is 4.74 Å². The monoisotopic (exact) mass is 504 g/mol. The van der Waals surface area contributed by atoms with E-state index in [1.807, 2.05) is 7.05 Å². The Morgan fingerprint density at radius 1 is 1.19 bits per heavy atom. The van der Waals surface area contributed by atoms with Crippen LogP contribution in [0.2, 0.25) is 0 Å². The summed E-state index contributed by atoms with van der Waals surface area (Å²) in [5, 5.41) is 6.03. The summed E-state index contributed by atoms with van der Waals surface area (Å²) in [5.41, 5.74) is -0.551. The number of anilines is 2. The van der Waals surface area contributed by atoms with Crippen LogP contribution in [-0.2, 0) is 18.0 Å². The second kappa shape index (κ2) is 9.76. The van der Waals surface area contributed by atoms with Crippen molar-refractivity contribution in [3.63, 3.8) is 0 Å². The molecule has 4 rings (SSSR count). The van der Waals surface area contributed by atoms with Gasteiger partial charge in [0.2, 0.25) is 5.91 Å². The van der Waals surface area contributed by atoms with Gasteiger partial charge in [0, 0.05) is 38.8 Å². The predicted octanol–water partition coefficient (Wildman–Crippen LogP) is 3.56. The third kappa shape index (κ3) is 5.43. The Balaban J connectivity index is 1.70. The van der Waals surface area contributed by atoms with E-state index < -0.39 is 23.7 Å². The van der Waals surface area contributed by atoms with Crippen LogP contribution >= 0.6 is 0 Å². The van der Waals surface area contributed by atoms with Gasteiger partial charge in [-0.3, -0.25) is 14.2 Å². The third-order valence-electron chi connectivity index (χ3n) is 6.07. The Kier molecular flexibility index (Phi) is 6.90. The van der Waals surface area contributed by atoms with Crippen LogP contribution in [-0.4, -0.2) is 51.6 Å². The Morgan fingerprint density at radius 2 is 1.94 bits per heavy atom. The average Bonchev–Trinajstić information content (AvgIpc) is 3.21. The first kappa shape index (κ1) is 25.4. The second-order valence-electron chi connectivity index (χ2n) is 9.01. The molecular formula is C24H27F3N6O3. The fourth-order valence-electron chi connectivity index (χ4n) is 4.24. The molecule has 9 nitrogen and oxygen atoms in total. The van der Waals surface area contributed by atoms with Crippen LogP contribution in [0.3, 0.4) is 0 Å². The molecule has 1 aromatic carbocycles. The quantitative estimate of drug-likeness (QED) is 0.529. The number of hydrogen-bond donors (Lipinski definition) is 2. The lowest BCUT2D eigenvalue weighted by Crippen LogP contribution is -2.27. The van der Waals surface area contributed by atoms with E-state index in [2.05, 4.69) is 25.5 Å². The van der Waals surface area contributed by atoms with E-state index in [0.29, 0.717) is 23.4 Å². The molecule has 1 aliphatic rings. The summed E-state index contributed by atoms with van der Waals surface area (Å²) >= 11 is 0. The van der Waals surface area contributed by atoms with E-state index in [1.165, 1.54) is 23.9 Å². The number of carbonyl (C=O) groups is 1. The van der Waals surface area contributed by atoms with E-state index in [0.717, 1.165) is 25.1 Å². The molecular weight excluding hydrogens is 477 g/mol. The Morgan fingerprint density at radius 3 is 2.58 bits per heavy atom. The summed E-state index contributed by atoms with van der Waals surface area (Å²) < 4.78 is 47.9. The van der Waals surface area contributed by atoms with Gasteiger partial charge in [-0.2, -0.15) is 13.2 Å². The number of likely N-dealkylation sites (N-methyl/N-ethyl adjacent to an activating group) is 1. The molecule has 1 saturated heterocycles. The predicted molar refractivity (Wildman–Crippen MR) is 129 cm³/mol. The van der Waals surface area contributed by atoms with Crippen molar-refractivity contribution in [1.29, 1.82) is 0 Å². The van der Waals surface area contributed by atoms with E-state index in [1.54, 1.807) is 20.0 Å². The van der Waals surface area contributed by atoms with E-state index >= 15 is 0 Å². The Bertz CT molecular complexity index is 1360.